The highest BCUT2D eigenvalue weighted by Crippen LogP contribution is 2.19. The molecule has 0 saturated carbocycles. The summed E-state index contributed by atoms with van der Waals surface area (Å²) >= 11 is 1.72. The van der Waals surface area contributed by atoms with Crippen molar-refractivity contribution in [2.24, 2.45) is 0 Å². The third-order valence-corrected chi connectivity index (χ3v) is 6.99. The lowest BCUT2D eigenvalue weighted by molar-refractivity contribution is 0.0698. The minimum Gasteiger partial charge on any atom is -0.336 e. The lowest BCUT2D eigenvalue weighted by Gasteiger charge is -2.34. The van der Waals surface area contributed by atoms with E-state index in [1.807, 2.05) is 30.5 Å². The van der Waals surface area contributed by atoms with Crippen molar-refractivity contribution >= 4 is 27.7 Å². The molecule has 0 radical (unpaired) electrons. The van der Waals surface area contributed by atoms with Crippen LogP contribution in [0.25, 0.3) is 0 Å². The number of piperazine rings is 1. The van der Waals surface area contributed by atoms with E-state index in [1.165, 1.54) is 22.5 Å². The zero-order chi connectivity index (χ0) is 19.4. The number of nitrogens with zero attached hydrogens (tertiary/aromatic N) is 2. The number of halogens is 1. The van der Waals surface area contributed by atoms with Crippen LogP contribution in [0, 0.1) is 5.82 Å². The molecule has 0 N–H and O–H groups in total. The first kappa shape index (κ1) is 19.9. The van der Waals surface area contributed by atoms with Crippen molar-refractivity contribution in [1.29, 1.82) is 0 Å². The average molecular weight is 409 g/mol. The maximum absolute atomic E-state index is 13.4. The van der Waals surface area contributed by atoms with Crippen LogP contribution in [-0.4, -0.2) is 56.0 Å². The largest absolute Gasteiger partial charge is 0.336 e. The Hall–Kier alpha value is -1.90. The second kappa shape index (κ2) is 8.41. The lowest BCUT2D eigenvalue weighted by atomic mass is 10.1. The van der Waals surface area contributed by atoms with Gasteiger partial charge in [0.25, 0.3) is 5.91 Å². The zero-order valence-electron chi connectivity index (χ0n) is 15.0. The Morgan fingerprint density at radius 3 is 2.33 bits per heavy atom. The summed E-state index contributed by atoms with van der Waals surface area (Å²) in [6, 6.07) is 12.5. The molecule has 144 valence electrons. The Morgan fingerprint density at radius 2 is 1.74 bits per heavy atom. The van der Waals surface area contributed by atoms with Gasteiger partial charge in [-0.15, -0.1) is 0 Å². The minimum absolute atomic E-state index is 0.0633. The molecule has 3 rings (SSSR count). The van der Waals surface area contributed by atoms with Crippen molar-refractivity contribution in [1.82, 2.24) is 9.21 Å². The summed E-state index contributed by atoms with van der Waals surface area (Å²) in [5.41, 5.74) is 1.76. The van der Waals surface area contributed by atoms with Gasteiger partial charge in [0.1, 0.15) is 5.82 Å². The fourth-order valence-corrected chi connectivity index (χ4v) is 4.98. The topological polar surface area (TPSA) is 57.7 Å². The van der Waals surface area contributed by atoms with Gasteiger partial charge in [0.15, 0.2) is 0 Å². The number of carbonyl (C=O) groups excluding carboxylic acids is 1. The highest BCUT2D eigenvalue weighted by Gasteiger charge is 2.30. The van der Waals surface area contributed by atoms with Crippen molar-refractivity contribution in [3.63, 3.8) is 0 Å². The van der Waals surface area contributed by atoms with Gasteiger partial charge in [-0.2, -0.15) is 16.1 Å². The molecule has 1 saturated heterocycles. The van der Waals surface area contributed by atoms with E-state index >= 15 is 0 Å². The molecular formula is C19H21FN2O3S2. The average Bonchev–Trinajstić information content (AvgIpc) is 2.68. The molecule has 1 aliphatic rings. The van der Waals surface area contributed by atoms with Crippen LogP contribution in [0.5, 0.6) is 0 Å². The fourth-order valence-electron chi connectivity index (χ4n) is 3.00. The third-order valence-electron chi connectivity index (χ3n) is 4.47. The van der Waals surface area contributed by atoms with Gasteiger partial charge in [-0.3, -0.25) is 4.79 Å². The minimum atomic E-state index is -3.76. The van der Waals surface area contributed by atoms with Crippen molar-refractivity contribution < 1.29 is 17.6 Å². The Labute approximate surface area is 163 Å². The highest BCUT2D eigenvalue weighted by atomic mass is 32.2. The molecule has 1 fully saturated rings. The van der Waals surface area contributed by atoms with Crippen LogP contribution in [0.15, 0.2) is 53.4 Å². The Bertz CT molecular complexity index is 909. The molecule has 2 aromatic carbocycles. The highest BCUT2D eigenvalue weighted by molar-refractivity contribution is 7.97. The number of thioether (sulfide) groups is 1. The second-order valence-electron chi connectivity index (χ2n) is 6.28. The zero-order valence-corrected chi connectivity index (χ0v) is 16.6. The first-order valence-corrected chi connectivity index (χ1v) is 11.4. The van der Waals surface area contributed by atoms with Crippen molar-refractivity contribution in [2.75, 3.05) is 32.4 Å². The van der Waals surface area contributed by atoms with Crippen molar-refractivity contribution in [2.45, 2.75) is 10.6 Å². The van der Waals surface area contributed by atoms with Crippen LogP contribution in [0.3, 0.4) is 0 Å². The Kier molecular flexibility index (Phi) is 6.18. The first-order valence-electron chi connectivity index (χ1n) is 8.54. The lowest BCUT2D eigenvalue weighted by Crippen LogP contribution is -2.50. The maximum atomic E-state index is 13.4. The van der Waals surface area contributed by atoms with E-state index in [0.717, 1.165) is 17.4 Å². The van der Waals surface area contributed by atoms with E-state index in [2.05, 4.69) is 0 Å². The Balaban J connectivity index is 1.65. The van der Waals surface area contributed by atoms with Crippen LogP contribution in [0.1, 0.15) is 15.9 Å². The first-order chi connectivity index (χ1) is 12.9. The number of hydrogen-bond acceptors (Lipinski definition) is 4. The summed E-state index contributed by atoms with van der Waals surface area (Å²) in [6.45, 7) is 0.990. The smallest absolute Gasteiger partial charge is 0.253 e. The molecule has 27 heavy (non-hydrogen) atoms. The number of sulfonamides is 1. The molecule has 0 aliphatic carbocycles. The van der Waals surface area contributed by atoms with Crippen LogP contribution in [0.2, 0.25) is 0 Å². The summed E-state index contributed by atoms with van der Waals surface area (Å²) in [5.74, 6) is 0.203. The molecule has 0 bridgehead atoms. The molecular weight excluding hydrogens is 387 g/mol. The van der Waals surface area contributed by atoms with Crippen molar-refractivity contribution in [3.8, 4) is 0 Å². The van der Waals surface area contributed by atoms with Gasteiger partial charge < -0.3 is 4.90 Å². The maximum Gasteiger partial charge on any atom is 0.253 e. The van der Waals surface area contributed by atoms with Gasteiger partial charge in [0.2, 0.25) is 10.0 Å². The van der Waals surface area contributed by atoms with Crippen LogP contribution >= 0.6 is 11.8 Å². The number of amides is 1. The molecule has 0 spiro atoms. The molecule has 0 atom stereocenters. The molecule has 2 aromatic rings. The molecule has 8 heteroatoms. The molecule has 1 heterocycles. The van der Waals surface area contributed by atoms with Gasteiger partial charge in [-0.1, -0.05) is 18.2 Å². The Morgan fingerprint density at radius 1 is 1.07 bits per heavy atom. The van der Waals surface area contributed by atoms with Gasteiger partial charge in [-0.05, 0) is 42.2 Å². The number of hydrogen-bond donors (Lipinski definition) is 0. The van der Waals surface area contributed by atoms with Gasteiger partial charge in [0, 0.05) is 37.5 Å². The van der Waals surface area contributed by atoms with Gasteiger partial charge in [0.05, 0.1) is 4.90 Å². The molecule has 0 unspecified atom stereocenters. The SMILES string of the molecule is CSCc1ccc(C(=O)N2CCN(S(=O)(=O)c3cccc(F)c3)CC2)cc1. The summed E-state index contributed by atoms with van der Waals surface area (Å²) in [4.78, 5) is 14.2. The number of carbonyl (C=O) groups is 1. The predicted octanol–water partition coefficient (Wildman–Crippen LogP) is 2.84. The van der Waals surface area contributed by atoms with E-state index in [4.69, 9.17) is 0 Å². The monoisotopic (exact) mass is 408 g/mol. The van der Waals surface area contributed by atoms with E-state index < -0.39 is 15.8 Å². The number of rotatable bonds is 5. The molecule has 1 amide bonds. The second-order valence-corrected chi connectivity index (χ2v) is 9.09. The summed E-state index contributed by atoms with van der Waals surface area (Å²) in [6.07, 6.45) is 2.02. The van der Waals surface area contributed by atoms with Crippen LogP contribution < -0.4 is 0 Å². The summed E-state index contributed by atoms with van der Waals surface area (Å²) in [7, 11) is -3.76. The standard InChI is InChI=1S/C19H21FN2O3S2/c1-26-14-15-5-7-16(8-6-15)19(23)21-9-11-22(12-10-21)27(24,25)18-4-2-3-17(20)13-18/h2-8,13H,9-12,14H2,1H3. The number of benzene rings is 2. The van der Waals surface area contributed by atoms with Crippen molar-refractivity contribution in [3.05, 3.63) is 65.5 Å². The van der Waals surface area contributed by atoms with E-state index in [0.29, 0.717) is 18.7 Å². The summed E-state index contributed by atoms with van der Waals surface area (Å²) < 4.78 is 39.9. The predicted molar refractivity (Wildman–Crippen MR) is 105 cm³/mol. The van der Waals surface area contributed by atoms with Gasteiger partial charge >= 0.3 is 0 Å². The van der Waals surface area contributed by atoms with E-state index in [-0.39, 0.29) is 23.9 Å². The van der Waals surface area contributed by atoms with Gasteiger partial charge in [-0.25, -0.2) is 12.8 Å². The quantitative estimate of drug-likeness (QED) is 0.763. The van der Waals surface area contributed by atoms with Crippen LogP contribution in [0.4, 0.5) is 4.39 Å². The molecule has 1 aliphatic heterocycles. The van der Waals surface area contributed by atoms with E-state index in [1.54, 1.807) is 16.7 Å². The summed E-state index contributed by atoms with van der Waals surface area (Å²) in [5, 5.41) is 0. The molecule has 0 aromatic heterocycles. The normalized spacial score (nSPS) is 15.7. The molecule has 5 nitrogen and oxygen atoms in total. The van der Waals surface area contributed by atoms with E-state index in [9.17, 15) is 17.6 Å². The fraction of sp³-hybridized carbons (Fsp3) is 0.316. The third kappa shape index (κ3) is 4.51. The van der Waals surface area contributed by atoms with Crippen LogP contribution in [-0.2, 0) is 15.8 Å².